The van der Waals surface area contributed by atoms with Crippen LogP contribution in [0.15, 0.2) is 22.8 Å². The van der Waals surface area contributed by atoms with Gasteiger partial charge in [-0.25, -0.2) is 0 Å². The van der Waals surface area contributed by atoms with Crippen LogP contribution in [0.5, 0.6) is 0 Å². The highest BCUT2D eigenvalue weighted by Gasteiger charge is 2.24. The van der Waals surface area contributed by atoms with Crippen molar-refractivity contribution in [3.8, 4) is 0 Å². The van der Waals surface area contributed by atoms with E-state index in [0.29, 0.717) is 0 Å². The first kappa shape index (κ1) is 12.3. The van der Waals surface area contributed by atoms with Crippen LogP contribution in [0.2, 0.25) is 0 Å². The first-order valence-corrected chi connectivity index (χ1v) is 5.53. The monoisotopic (exact) mass is 211 g/mol. The molecule has 0 saturated carbocycles. The first-order valence-electron chi connectivity index (χ1n) is 5.53. The molecule has 0 aromatic carbocycles. The summed E-state index contributed by atoms with van der Waals surface area (Å²) in [4.78, 5) is 0. The van der Waals surface area contributed by atoms with Crippen molar-refractivity contribution in [1.29, 1.82) is 0 Å². The smallest absolute Gasteiger partial charge is 0.120 e. The van der Waals surface area contributed by atoms with Crippen molar-refractivity contribution < 1.29 is 9.52 Å². The van der Waals surface area contributed by atoms with Crippen LogP contribution in [-0.2, 0) is 0 Å². The lowest BCUT2D eigenvalue weighted by atomic mass is 9.93. The van der Waals surface area contributed by atoms with Crippen molar-refractivity contribution in [3.05, 3.63) is 24.2 Å². The highest BCUT2D eigenvalue weighted by atomic mass is 16.3. The number of nitrogens with one attached hydrogen (secondary N) is 1. The maximum absolute atomic E-state index is 9.01. The van der Waals surface area contributed by atoms with E-state index in [1.165, 1.54) is 0 Å². The second kappa shape index (κ2) is 5.33. The molecule has 86 valence electrons. The second-order valence-electron chi connectivity index (χ2n) is 4.27. The summed E-state index contributed by atoms with van der Waals surface area (Å²) < 4.78 is 5.34. The summed E-state index contributed by atoms with van der Waals surface area (Å²) >= 11 is 0. The van der Waals surface area contributed by atoms with Crippen LogP contribution in [0.1, 0.15) is 45.4 Å². The van der Waals surface area contributed by atoms with Crippen molar-refractivity contribution in [3.63, 3.8) is 0 Å². The lowest BCUT2D eigenvalue weighted by molar-refractivity contribution is 0.199. The van der Waals surface area contributed by atoms with Gasteiger partial charge in [0.25, 0.3) is 0 Å². The van der Waals surface area contributed by atoms with Gasteiger partial charge in [-0.2, -0.15) is 0 Å². The van der Waals surface area contributed by atoms with Crippen LogP contribution >= 0.6 is 0 Å². The summed E-state index contributed by atoms with van der Waals surface area (Å²) in [6.45, 7) is 6.53. The van der Waals surface area contributed by atoms with E-state index in [0.717, 1.165) is 18.6 Å². The summed E-state index contributed by atoms with van der Waals surface area (Å²) in [6, 6.07) is 4.03. The lowest BCUT2D eigenvalue weighted by Crippen LogP contribution is -2.43. The molecular formula is C12H21NO2. The number of furan rings is 1. The Bertz CT molecular complexity index is 271. The van der Waals surface area contributed by atoms with Crippen molar-refractivity contribution in [1.82, 2.24) is 5.32 Å². The third-order valence-electron chi connectivity index (χ3n) is 2.98. The van der Waals surface area contributed by atoms with Gasteiger partial charge in [0, 0.05) is 12.1 Å². The summed E-state index contributed by atoms with van der Waals surface area (Å²) in [7, 11) is 0. The molecule has 2 unspecified atom stereocenters. The number of hydrogen-bond donors (Lipinski definition) is 2. The normalized spacial score (nSPS) is 17.3. The quantitative estimate of drug-likeness (QED) is 0.760. The predicted octanol–water partition coefficient (Wildman–Crippen LogP) is 2.48. The van der Waals surface area contributed by atoms with E-state index in [1.807, 2.05) is 12.1 Å². The van der Waals surface area contributed by atoms with Crippen LogP contribution in [0, 0.1) is 0 Å². The van der Waals surface area contributed by atoms with Crippen LogP contribution < -0.4 is 5.32 Å². The second-order valence-corrected chi connectivity index (χ2v) is 4.27. The maximum Gasteiger partial charge on any atom is 0.120 e. The summed E-state index contributed by atoms with van der Waals surface area (Å²) in [5.41, 5.74) is -0.0268. The molecule has 0 spiro atoms. The standard InChI is InChI=1S/C12H21NO2/c1-4-12(3,7-8-14)13-10(2)11-6-5-9-15-11/h5-6,9-10,13-14H,4,7-8H2,1-3H3. The van der Waals surface area contributed by atoms with Crippen molar-refractivity contribution in [2.24, 2.45) is 0 Å². The molecule has 0 bridgehead atoms. The molecule has 1 heterocycles. The molecule has 0 saturated heterocycles. The molecule has 1 rings (SSSR count). The molecule has 3 nitrogen and oxygen atoms in total. The molecule has 2 atom stereocenters. The Kier molecular flexibility index (Phi) is 4.36. The zero-order chi connectivity index (χ0) is 11.3. The Morgan fingerprint density at radius 3 is 2.80 bits per heavy atom. The minimum atomic E-state index is -0.0268. The molecule has 0 amide bonds. The molecule has 15 heavy (non-hydrogen) atoms. The van der Waals surface area contributed by atoms with Gasteiger partial charge in [0.05, 0.1) is 12.3 Å². The van der Waals surface area contributed by atoms with Gasteiger partial charge in [0.1, 0.15) is 5.76 Å². The third kappa shape index (κ3) is 3.36. The van der Waals surface area contributed by atoms with Gasteiger partial charge in [-0.3, -0.25) is 0 Å². The fraction of sp³-hybridized carbons (Fsp3) is 0.667. The van der Waals surface area contributed by atoms with E-state index in [1.54, 1.807) is 6.26 Å². The van der Waals surface area contributed by atoms with Gasteiger partial charge < -0.3 is 14.8 Å². The highest BCUT2D eigenvalue weighted by molar-refractivity contribution is 5.04. The van der Waals surface area contributed by atoms with Crippen LogP contribution in [0.4, 0.5) is 0 Å². The Labute approximate surface area is 91.5 Å². The lowest BCUT2D eigenvalue weighted by Gasteiger charge is -2.32. The van der Waals surface area contributed by atoms with E-state index >= 15 is 0 Å². The van der Waals surface area contributed by atoms with Crippen molar-refractivity contribution in [2.75, 3.05) is 6.61 Å². The van der Waals surface area contributed by atoms with Crippen LogP contribution in [0.3, 0.4) is 0 Å². The summed E-state index contributed by atoms with van der Waals surface area (Å²) in [5.74, 6) is 0.938. The number of rotatable bonds is 6. The Balaban J connectivity index is 2.59. The average molecular weight is 211 g/mol. The van der Waals surface area contributed by atoms with Gasteiger partial charge in [0.2, 0.25) is 0 Å². The Morgan fingerprint density at radius 1 is 1.60 bits per heavy atom. The third-order valence-corrected chi connectivity index (χ3v) is 2.98. The average Bonchev–Trinajstić information content (AvgIpc) is 2.71. The molecule has 0 aliphatic rings. The topological polar surface area (TPSA) is 45.4 Å². The number of aliphatic hydroxyl groups excluding tert-OH is 1. The highest BCUT2D eigenvalue weighted by Crippen LogP contribution is 2.21. The zero-order valence-corrected chi connectivity index (χ0v) is 9.79. The van der Waals surface area contributed by atoms with Gasteiger partial charge in [0.15, 0.2) is 0 Å². The van der Waals surface area contributed by atoms with E-state index in [4.69, 9.17) is 9.52 Å². The van der Waals surface area contributed by atoms with E-state index in [-0.39, 0.29) is 18.2 Å². The molecule has 0 radical (unpaired) electrons. The first-order chi connectivity index (χ1) is 7.11. The van der Waals surface area contributed by atoms with Crippen LogP contribution in [-0.4, -0.2) is 17.3 Å². The van der Waals surface area contributed by atoms with Gasteiger partial charge in [-0.05, 0) is 38.8 Å². The zero-order valence-electron chi connectivity index (χ0n) is 9.79. The van der Waals surface area contributed by atoms with Crippen LogP contribution in [0.25, 0.3) is 0 Å². The van der Waals surface area contributed by atoms with E-state index < -0.39 is 0 Å². The van der Waals surface area contributed by atoms with Gasteiger partial charge in [-0.15, -0.1) is 0 Å². The largest absolute Gasteiger partial charge is 0.468 e. The molecular weight excluding hydrogens is 190 g/mol. The fourth-order valence-electron chi connectivity index (χ4n) is 1.73. The molecule has 3 heteroatoms. The SMILES string of the molecule is CCC(C)(CCO)NC(C)c1ccco1. The van der Waals surface area contributed by atoms with Gasteiger partial charge in [-0.1, -0.05) is 6.92 Å². The van der Waals surface area contributed by atoms with E-state index in [2.05, 4.69) is 26.1 Å². The minimum absolute atomic E-state index is 0.0268. The van der Waals surface area contributed by atoms with Gasteiger partial charge >= 0.3 is 0 Å². The molecule has 0 fully saturated rings. The summed E-state index contributed by atoms with van der Waals surface area (Å²) in [5, 5.41) is 12.5. The predicted molar refractivity (Wildman–Crippen MR) is 60.7 cm³/mol. The molecule has 1 aromatic rings. The Morgan fingerprint density at radius 2 is 2.33 bits per heavy atom. The molecule has 2 N–H and O–H groups in total. The maximum atomic E-state index is 9.01. The molecule has 0 aliphatic carbocycles. The minimum Gasteiger partial charge on any atom is -0.468 e. The number of aliphatic hydroxyl groups is 1. The van der Waals surface area contributed by atoms with Crippen molar-refractivity contribution in [2.45, 2.75) is 45.2 Å². The van der Waals surface area contributed by atoms with E-state index in [9.17, 15) is 0 Å². The molecule has 1 aromatic heterocycles. The number of hydrogen-bond acceptors (Lipinski definition) is 3. The fourth-order valence-corrected chi connectivity index (χ4v) is 1.73. The summed E-state index contributed by atoms with van der Waals surface area (Å²) in [6.07, 6.45) is 3.43. The molecule has 0 aliphatic heterocycles. The Hall–Kier alpha value is -0.800. The van der Waals surface area contributed by atoms with Crippen molar-refractivity contribution >= 4 is 0 Å².